The van der Waals surface area contributed by atoms with Crippen LogP contribution in [0.1, 0.15) is 27.0 Å². The van der Waals surface area contributed by atoms with Gasteiger partial charge in [-0.1, -0.05) is 28.1 Å². The average molecular weight is 570 g/mol. The van der Waals surface area contributed by atoms with E-state index in [1.54, 1.807) is 45.6 Å². The van der Waals surface area contributed by atoms with Crippen LogP contribution in [-0.2, 0) is 16.6 Å². The maximum Gasteiger partial charge on any atom is 0.292 e. The Kier molecular flexibility index (Phi) is 7.75. The fourth-order valence-corrected chi connectivity index (χ4v) is 5.44. The standard InChI is InChI=1S/C28H28BrNO7/c1-34-18-7-5-6-17(12-18)28(15-31)24(11-16-10-20(36-3)14-23(37-4)25(16)28)30-27(33)26(32)21-13-19(35-2)8-9-22(21)29/h5-10,12-14,24,31H,11,15H2,1-4H3,(H,30,33)/t24-,28+/m0/s1. The van der Waals surface area contributed by atoms with Crippen LogP contribution in [-0.4, -0.2) is 57.9 Å². The number of nitrogens with one attached hydrogen (secondary N) is 1. The molecule has 4 rings (SSSR count). The third kappa shape index (κ3) is 4.65. The number of hydrogen-bond donors (Lipinski definition) is 2. The lowest BCUT2D eigenvalue weighted by molar-refractivity contribution is -0.118. The number of carbonyl (C=O) groups excluding carboxylic acids is 2. The summed E-state index contributed by atoms with van der Waals surface area (Å²) in [6, 6.07) is 15.0. The number of benzene rings is 3. The SMILES string of the molecule is COc1cccc([C@@]2(CO)c3c(cc(OC)cc3OC)C[C@@H]2NC(=O)C(=O)c2cc(OC)ccc2Br)c1. The number of Topliss-reactive ketones (excluding diaryl/α,β-unsaturated/α-hetero) is 1. The van der Waals surface area contributed by atoms with Gasteiger partial charge in [0.1, 0.15) is 23.0 Å². The van der Waals surface area contributed by atoms with E-state index in [2.05, 4.69) is 21.2 Å². The molecule has 0 unspecified atom stereocenters. The highest BCUT2D eigenvalue weighted by Crippen LogP contribution is 2.50. The van der Waals surface area contributed by atoms with Gasteiger partial charge >= 0.3 is 0 Å². The normalized spacial score (nSPS) is 18.1. The molecule has 0 radical (unpaired) electrons. The number of aliphatic hydroxyl groups is 1. The number of ether oxygens (including phenoxy) is 4. The molecule has 0 aromatic heterocycles. The Morgan fingerprint density at radius 1 is 0.946 bits per heavy atom. The highest BCUT2D eigenvalue weighted by molar-refractivity contribution is 9.10. The molecule has 1 aliphatic rings. The Hall–Kier alpha value is -3.56. The Morgan fingerprint density at radius 2 is 1.65 bits per heavy atom. The van der Waals surface area contributed by atoms with Gasteiger partial charge in [-0.2, -0.15) is 0 Å². The van der Waals surface area contributed by atoms with Gasteiger partial charge < -0.3 is 29.4 Å². The van der Waals surface area contributed by atoms with Crippen molar-refractivity contribution in [3.63, 3.8) is 0 Å². The zero-order valence-corrected chi connectivity index (χ0v) is 22.5. The van der Waals surface area contributed by atoms with Crippen molar-refractivity contribution in [2.45, 2.75) is 17.9 Å². The van der Waals surface area contributed by atoms with Crippen LogP contribution in [0.2, 0.25) is 0 Å². The number of ketones is 1. The topological polar surface area (TPSA) is 103 Å². The van der Waals surface area contributed by atoms with Crippen molar-refractivity contribution >= 4 is 27.6 Å². The molecule has 37 heavy (non-hydrogen) atoms. The molecule has 9 heteroatoms. The molecule has 2 N–H and O–H groups in total. The van der Waals surface area contributed by atoms with E-state index in [0.29, 0.717) is 45.0 Å². The first kappa shape index (κ1) is 26.5. The lowest BCUT2D eigenvalue weighted by Gasteiger charge is -2.36. The minimum absolute atomic E-state index is 0.169. The van der Waals surface area contributed by atoms with E-state index in [1.165, 1.54) is 13.2 Å². The maximum atomic E-state index is 13.4. The van der Waals surface area contributed by atoms with Crippen molar-refractivity contribution in [2.75, 3.05) is 35.0 Å². The van der Waals surface area contributed by atoms with Gasteiger partial charge in [-0.3, -0.25) is 9.59 Å². The van der Waals surface area contributed by atoms with Crippen molar-refractivity contribution in [3.05, 3.63) is 81.3 Å². The van der Waals surface area contributed by atoms with Crippen molar-refractivity contribution in [3.8, 4) is 23.0 Å². The van der Waals surface area contributed by atoms with Crippen LogP contribution in [0.25, 0.3) is 0 Å². The lowest BCUT2D eigenvalue weighted by Crippen LogP contribution is -2.52. The van der Waals surface area contributed by atoms with Crippen molar-refractivity contribution in [1.29, 1.82) is 0 Å². The summed E-state index contributed by atoms with van der Waals surface area (Å²) in [7, 11) is 6.14. The number of carbonyl (C=O) groups is 2. The van der Waals surface area contributed by atoms with Crippen LogP contribution in [0, 0.1) is 0 Å². The van der Waals surface area contributed by atoms with Crippen LogP contribution >= 0.6 is 15.9 Å². The summed E-state index contributed by atoms with van der Waals surface area (Å²) in [5.41, 5.74) is 1.29. The van der Waals surface area contributed by atoms with Gasteiger partial charge in [0.05, 0.1) is 40.5 Å². The molecule has 2 atom stereocenters. The number of methoxy groups -OCH3 is 4. The third-order valence-electron chi connectivity index (χ3n) is 6.84. The summed E-state index contributed by atoms with van der Waals surface area (Å²) < 4.78 is 22.3. The molecule has 0 aliphatic heterocycles. The van der Waals surface area contributed by atoms with E-state index in [9.17, 15) is 14.7 Å². The van der Waals surface area contributed by atoms with Gasteiger partial charge in [-0.05, 0) is 53.9 Å². The van der Waals surface area contributed by atoms with Crippen molar-refractivity contribution in [1.82, 2.24) is 5.32 Å². The monoisotopic (exact) mass is 569 g/mol. The maximum absolute atomic E-state index is 13.4. The van der Waals surface area contributed by atoms with Gasteiger partial charge in [0, 0.05) is 27.7 Å². The van der Waals surface area contributed by atoms with E-state index < -0.39 is 23.1 Å². The predicted molar refractivity (Wildman–Crippen MR) is 141 cm³/mol. The smallest absolute Gasteiger partial charge is 0.292 e. The summed E-state index contributed by atoms with van der Waals surface area (Å²) in [6.45, 7) is -0.363. The second-order valence-electron chi connectivity index (χ2n) is 8.63. The Balaban J connectivity index is 1.83. The quantitative estimate of drug-likeness (QED) is 0.299. The van der Waals surface area contributed by atoms with Gasteiger partial charge in [0.25, 0.3) is 11.7 Å². The first-order chi connectivity index (χ1) is 17.8. The van der Waals surface area contributed by atoms with Gasteiger partial charge in [-0.15, -0.1) is 0 Å². The lowest BCUT2D eigenvalue weighted by atomic mass is 9.72. The molecule has 3 aromatic rings. The van der Waals surface area contributed by atoms with Crippen LogP contribution in [0.4, 0.5) is 0 Å². The van der Waals surface area contributed by atoms with Crippen LogP contribution in [0.15, 0.2) is 59.1 Å². The minimum atomic E-state index is -1.12. The summed E-state index contributed by atoms with van der Waals surface area (Å²) >= 11 is 3.35. The van der Waals surface area contributed by atoms with E-state index in [-0.39, 0.29) is 12.2 Å². The molecule has 0 bridgehead atoms. The highest BCUT2D eigenvalue weighted by atomic mass is 79.9. The number of halogens is 1. The van der Waals surface area contributed by atoms with Crippen LogP contribution in [0.5, 0.6) is 23.0 Å². The minimum Gasteiger partial charge on any atom is -0.497 e. The number of aliphatic hydroxyl groups excluding tert-OH is 1. The first-order valence-electron chi connectivity index (χ1n) is 11.5. The van der Waals surface area contributed by atoms with E-state index in [4.69, 9.17) is 18.9 Å². The molecule has 0 spiro atoms. The van der Waals surface area contributed by atoms with Crippen LogP contribution < -0.4 is 24.3 Å². The molecule has 8 nitrogen and oxygen atoms in total. The van der Waals surface area contributed by atoms with Crippen LogP contribution in [0.3, 0.4) is 0 Å². The number of amides is 1. The third-order valence-corrected chi connectivity index (χ3v) is 7.53. The molecule has 1 amide bonds. The fourth-order valence-electron chi connectivity index (χ4n) is 5.01. The van der Waals surface area contributed by atoms with Gasteiger partial charge in [0.15, 0.2) is 0 Å². The molecule has 0 fully saturated rings. The van der Waals surface area contributed by atoms with Crippen molar-refractivity contribution in [2.24, 2.45) is 0 Å². The molecule has 0 saturated carbocycles. The zero-order chi connectivity index (χ0) is 26.7. The summed E-state index contributed by atoms with van der Waals surface area (Å²) in [5, 5.41) is 13.9. The first-order valence-corrected chi connectivity index (χ1v) is 12.3. The van der Waals surface area contributed by atoms with E-state index in [1.807, 2.05) is 24.3 Å². The number of rotatable bonds is 9. The summed E-state index contributed by atoms with van der Waals surface area (Å²) in [6.07, 6.45) is 0.332. The molecule has 1 aliphatic carbocycles. The molecule has 0 heterocycles. The fraction of sp³-hybridized carbons (Fsp3) is 0.286. The molecular weight excluding hydrogens is 542 g/mol. The summed E-state index contributed by atoms with van der Waals surface area (Å²) in [5.74, 6) is 0.585. The average Bonchev–Trinajstić information content (AvgIpc) is 3.25. The number of hydrogen-bond acceptors (Lipinski definition) is 7. The zero-order valence-electron chi connectivity index (χ0n) is 21.0. The molecule has 0 saturated heterocycles. The second kappa shape index (κ2) is 10.8. The second-order valence-corrected chi connectivity index (χ2v) is 9.48. The summed E-state index contributed by atoms with van der Waals surface area (Å²) in [4.78, 5) is 26.6. The molecular formula is C28H28BrNO7. The van der Waals surface area contributed by atoms with Gasteiger partial charge in [0.2, 0.25) is 0 Å². The van der Waals surface area contributed by atoms with Gasteiger partial charge in [-0.25, -0.2) is 0 Å². The Labute approximate surface area is 223 Å². The Bertz CT molecular complexity index is 1340. The van der Waals surface area contributed by atoms with E-state index >= 15 is 0 Å². The largest absolute Gasteiger partial charge is 0.497 e. The Morgan fingerprint density at radius 3 is 2.30 bits per heavy atom. The molecule has 3 aromatic carbocycles. The predicted octanol–water partition coefficient (Wildman–Crippen LogP) is 3.69. The van der Waals surface area contributed by atoms with Crippen molar-refractivity contribution < 1.29 is 33.6 Å². The van der Waals surface area contributed by atoms with E-state index in [0.717, 1.165) is 5.56 Å². The highest BCUT2D eigenvalue weighted by Gasteiger charge is 2.51. The molecule has 194 valence electrons. The number of fused-ring (bicyclic) bond motifs is 1.